The summed E-state index contributed by atoms with van der Waals surface area (Å²) in [6.07, 6.45) is 2.19. The molecule has 19 heteroatoms. The number of carbonyl (C=O) groups is 7. The number of hydrogen-bond donors (Lipinski definition) is 7. The minimum absolute atomic E-state index is 0.0503. The molecule has 384 valence electrons. The van der Waals surface area contributed by atoms with E-state index in [0.29, 0.717) is 73.6 Å². The molecule has 0 saturated heterocycles. The summed E-state index contributed by atoms with van der Waals surface area (Å²) in [5.41, 5.74) is 19.5. The Hall–Kier alpha value is -6.69. The normalized spacial score (nSPS) is 12.5. The monoisotopic (exact) mass is 1020 g/mol. The SMILES string of the molecule is CC(C)(C)OC(=O)C[C@@H](Cc1ccccc1)C(=O)N[C@@H](CCCCNC(=O)OCc1ccccc1Cl)C(N)=O.NC(=O)[C@H](CCCCNC(=O)OCc1ccccc1Cl)NC(=O)[C@@H](N)Cc1ccccc1. The van der Waals surface area contributed by atoms with E-state index < -0.39 is 71.4 Å². The number of nitrogens with two attached hydrogens (primary N) is 3. The Kier molecular flexibility index (Phi) is 26.0. The van der Waals surface area contributed by atoms with Crippen LogP contribution in [0, 0.1) is 5.92 Å². The van der Waals surface area contributed by atoms with Crippen LogP contribution in [0.15, 0.2) is 109 Å². The molecule has 0 aliphatic heterocycles. The quantitative estimate of drug-likeness (QED) is 0.0201. The van der Waals surface area contributed by atoms with Crippen molar-refractivity contribution in [1.29, 1.82) is 0 Å². The Morgan fingerprint density at radius 3 is 1.39 bits per heavy atom. The van der Waals surface area contributed by atoms with Gasteiger partial charge in [-0.05, 0) is 95.4 Å². The maximum absolute atomic E-state index is 13.1. The number of hydrogen-bond acceptors (Lipinski definition) is 11. The zero-order valence-corrected chi connectivity index (χ0v) is 42.0. The third kappa shape index (κ3) is 24.6. The van der Waals surface area contributed by atoms with Crippen LogP contribution in [0.5, 0.6) is 0 Å². The van der Waals surface area contributed by atoms with Gasteiger partial charge < -0.3 is 52.7 Å². The number of alkyl carbamates (subject to hydrolysis) is 2. The summed E-state index contributed by atoms with van der Waals surface area (Å²) in [4.78, 5) is 85.4. The number of rotatable bonds is 26. The molecular formula is C52H67Cl2N7O10. The van der Waals surface area contributed by atoms with Crippen molar-refractivity contribution in [3.8, 4) is 0 Å². The van der Waals surface area contributed by atoms with E-state index in [4.69, 9.17) is 54.6 Å². The molecule has 0 aromatic heterocycles. The summed E-state index contributed by atoms with van der Waals surface area (Å²) in [6.45, 7) is 6.07. The lowest BCUT2D eigenvalue weighted by Crippen LogP contribution is -2.51. The first kappa shape index (κ1) is 58.6. The molecule has 0 fully saturated rings. The highest BCUT2D eigenvalue weighted by Crippen LogP contribution is 2.19. The van der Waals surface area contributed by atoms with Crippen LogP contribution in [-0.4, -0.2) is 78.6 Å². The number of benzene rings is 4. The molecule has 0 radical (unpaired) electrons. The Labute approximate surface area is 425 Å². The first-order valence-electron chi connectivity index (χ1n) is 23.3. The molecule has 0 unspecified atom stereocenters. The molecule has 0 bridgehead atoms. The number of primary amides is 2. The van der Waals surface area contributed by atoms with Crippen LogP contribution in [0.4, 0.5) is 9.59 Å². The topological polar surface area (TPSA) is 273 Å². The number of unbranched alkanes of at least 4 members (excludes halogenated alkanes) is 2. The van der Waals surface area contributed by atoms with Crippen LogP contribution in [0.3, 0.4) is 0 Å². The van der Waals surface area contributed by atoms with E-state index in [1.165, 1.54) is 0 Å². The van der Waals surface area contributed by atoms with Gasteiger partial charge in [0.25, 0.3) is 0 Å². The zero-order valence-electron chi connectivity index (χ0n) is 40.5. The van der Waals surface area contributed by atoms with Crippen molar-refractivity contribution in [2.24, 2.45) is 23.1 Å². The largest absolute Gasteiger partial charge is 0.460 e. The molecule has 0 aliphatic rings. The standard InChI is InChI=1S/C29H38ClN3O6.C23H29ClN4O4/c1-29(2,3)39-25(34)18-22(17-20-11-5-4-6-12-20)27(36)33-24(26(31)35)15-9-10-16-32-28(37)38-19-21-13-7-8-14-23(21)30;24-18-11-5-4-10-17(18)15-32-23(31)27-13-7-6-12-20(21(26)29)28-22(30)19(25)14-16-8-2-1-3-9-16/h4-8,11-14,22,24H,9-10,15-19H2,1-3H3,(H2,31,35)(H,32,37)(H,33,36);1-5,8-11,19-20H,6-7,12-15,25H2,(H2,26,29)(H,27,31)(H,28,30)/t22-,24+;19-,20-/m10/s1. The number of amides is 6. The third-order valence-electron chi connectivity index (χ3n) is 10.5. The fourth-order valence-corrected chi connectivity index (χ4v) is 7.17. The van der Waals surface area contributed by atoms with Crippen molar-refractivity contribution in [2.45, 2.75) is 115 Å². The van der Waals surface area contributed by atoms with Gasteiger partial charge in [-0.3, -0.25) is 24.0 Å². The lowest BCUT2D eigenvalue weighted by molar-refractivity contribution is -0.157. The van der Waals surface area contributed by atoms with Crippen molar-refractivity contribution in [3.05, 3.63) is 141 Å². The summed E-state index contributed by atoms with van der Waals surface area (Å²) < 4.78 is 15.7. The molecule has 4 aromatic rings. The zero-order chi connectivity index (χ0) is 52.2. The van der Waals surface area contributed by atoms with Crippen LogP contribution in [0.1, 0.15) is 88.0 Å². The van der Waals surface area contributed by atoms with Gasteiger partial charge in [0, 0.05) is 34.3 Å². The number of ether oxygens (including phenoxy) is 3. The van der Waals surface area contributed by atoms with Gasteiger partial charge in [-0.25, -0.2) is 9.59 Å². The third-order valence-corrected chi connectivity index (χ3v) is 11.2. The van der Waals surface area contributed by atoms with Gasteiger partial charge in [-0.15, -0.1) is 0 Å². The summed E-state index contributed by atoms with van der Waals surface area (Å²) in [7, 11) is 0. The maximum atomic E-state index is 13.1. The molecule has 4 rings (SSSR count). The van der Waals surface area contributed by atoms with Crippen molar-refractivity contribution < 1.29 is 47.8 Å². The fourth-order valence-electron chi connectivity index (χ4n) is 6.79. The molecule has 71 heavy (non-hydrogen) atoms. The summed E-state index contributed by atoms with van der Waals surface area (Å²) in [5, 5.41) is 11.6. The number of carbonyl (C=O) groups excluding carboxylic acids is 7. The number of esters is 1. The molecule has 0 heterocycles. The average Bonchev–Trinajstić information content (AvgIpc) is 3.32. The number of nitrogens with one attached hydrogen (secondary N) is 4. The molecule has 0 spiro atoms. The first-order chi connectivity index (χ1) is 33.8. The van der Waals surface area contributed by atoms with Crippen LogP contribution < -0.4 is 38.5 Å². The van der Waals surface area contributed by atoms with E-state index in [2.05, 4.69) is 21.3 Å². The molecule has 17 nitrogen and oxygen atoms in total. The fraction of sp³-hybridized carbons (Fsp3) is 0.404. The molecular weight excluding hydrogens is 954 g/mol. The summed E-state index contributed by atoms with van der Waals surface area (Å²) >= 11 is 12.1. The predicted molar refractivity (Wildman–Crippen MR) is 271 cm³/mol. The van der Waals surface area contributed by atoms with Crippen LogP contribution in [0.2, 0.25) is 10.0 Å². The first-order valence-corrected chi connectivity index (χ1v) is 24.1. The van der Waals surface area contributed by atoms with Crippen LogP contribution >= 0.6 is 23.2 Å². The minimum atomic E-state index is -0.915. The van der Waals surface area contributed by atoms with E-state index in [9.17, 15) is 33.6 Å². The van der Waals surface area contributed by atoms with E-state index in [1.807, 2.05) is 66.7 Å². The van der Waals surface area contributed by atoms with Gasteiger partial charge in [-0.1, -0.05) is 120 Å². The highest BCUT2D eigenvalue weighted by molar-refractivity contribution is 6.31. The lowest BCUT2D eigenvalue weighted by Gasteiger charge is -2.23. The Bertz CT molecular complexity index is 2320. The van der Waals surface area contributed by atoms with Gasteiger partial charge in [-0.2, -0.15) is 0 Å². The van der Waals surface area contributed by atoms with Crippen LogP contribution in [0.25, 0.3) is 0 Å². The molecule has 0 aliphatic carbocycles. The van der Waals surface area contributed by atoms with Crippen LogP contribution in [-0.2, 0) is 64.2 Å². The highest BCUT2D eigenvalue weighted by Gasteiger charge is 2.29. The molecule has 4 atom stereocenters. The van der Waals surface area contributed by atoms with Crippen molar-refractivity contribution in [3.63, 3.8) is 0 Å². The van der Waals surface area contributed by atoms with Gasteiger partial charge >= 0.3 is 18.2 Å². The second kappa shape index (κ2) is 31.5. The average molecular weight is 1020 g/mol. The van der Waals surface area contributed by atoms with Gasteiger partial charge in [0.2, 0.25) is 23.6 Å². The van der Waals surface area contributed by atoms with Gasteiger partial charge in [0.1, 0.15) is 30.9 Å². The second-order valence-electron chi connectivity index (χ2n) is 17.6. The van der Waals surface area contributed by atoms with E-state index in [-0.39, 0.29) is 26.1 Å². The molecule has 6 amide bonds. The van der Waals surface area contributed by atoms with Crippen molar-refractivity contribution >= 4 is 65.0 Å². The molecule has 0 saturated carbocycles. The van der Waals surface area contributed by atoms with Gasteiger partial charge in [0.15, 0.2) is 0 Å². The molecule has 10 N–H and O–H groups in total. The smallest absolute Gasteiger partial charge is 0.407 e. The van der Waals surface area contributed by atoms with E-state index in [0.717, 1.165) is 16.7 Å². The maximum Gasteiger partial charge on any atom is 0.407 e. The summed E-state index contributed by atoms with van der Waals surface area (Å²) in [6, 6.07) is 30.3. The lowest BCUT2D eigenvalue weighted by atomic mass is 9.94. The van der Waals surface area contributed by atoms with Gasteiger partial charge in [0.05, 0.1) is 18.4 Å². The number of halogens is 2. The molecule has 4 aromatic carbocycles. The Balaban J connectivity index is 0.000000383. The Morgan fingerprint density at radius 2 is 0.972 bits per heavy atom. The van der Waals surface area contributed by atoms with Crippen molar-refractivity contribution in [2.75, 3.05) is 13.1 Å². The van der Waals surface area contributed by atoms with E-state index >= 15 is 0 Å². The predicted octanol–water partition coefficient (Wildman–Crippen LogP) is 6.57. The highest BCUT2D eigenvalue weighted by atomic mass is 35.5. The second-order valence-corrected chi connectivity index (χ2v) is 18.4. The van der Waals surface area contributed by atoms with E-state index in [1.54, 1.807) is 63.2 Å². The Morgan fingerprint density at radius 1 is 0.563 bits per heavy atom. The minimum Gasteiger partial charge on any atom is -0.460 e. The summed E-state index contributed by atoms with van der Waals surface area (Å²) in [5.74, 6) is -3.42. The van der Waals surface area contributed by atoms with Crippen molar-refractivity contribution in [1.82, 2.24) is 21.3 Å².